The number of nitrogens with zero attached hydrogens (tertiary/aromatic N) is 5. The van der Waals surface area contributed by atoms with Gasteiger partial charge in [-0.3, -0.25) is 9.59 Å². The van der Waals surface area contributed by atoms with Gasteiger partial charge < -0.3 is 5.32 Å². The maximum atomic E-state index is 12.5. The fourth-order valence-corrected chi connectivity index (χ4v) is 5.28. The fraction of sp³-hybridized carbons (Fsp3) is 0.300. The largest absolute Gasteiger partial charge is 0.316 e. The molecule has 1 aliphatic carbocycles. The van der Waals surface area contributed by atoms with E-state index in [0.29, 0.717) is 27.0 Å². The average molecular weight is 439 g/mol. The van der Waals surface area contributed by atoms with Crippen LogP contribution >= 0.6 is 23.1 Å². The summed E-state index contributed by atoms with van der Waals surface area (Å²) in [5.41, 5.74) is 3.00. The highest BCUT2D eigenvalue weighted by Gasteiger charge is 2.22. The first-order valence-electron chi connectivity index (χ1n) is 9.44. The number of ketones is 1. The number of amides is 1. The number of nitrogens with one attached hydrogen (secondary N) is 1. The van der Waals surface area contributed by atoms with Gasteiger partial charge >= 0.3 is 0 Å². The van der Waals surface area contributed by atoms with Gasteiger partial charge in [0.05, 0.1) is 17.0 Å². The number of thioether (sulfide) groups is 1. The zero-order valence-corrected chi connectivity index (χ0v) is 17.8. The molecule has 2 aromatic heterocycles. The molecule has 0 saturated heterocycles. The Labute approximate surface area is 181 Å². The number of aryl methyl sites for hydroxylation is 1. The van der Waals surface area contributed by atoms with E-state index < -0.39 is 0 Å². The summed E-state index contributed by atoms with van der Waals surface area (Å²) in [7, 11) is 0. The number of rotatable bonds is 6. The summed E-state index contributed by atoms with van der Waals surface area (Å²) < 4.78 is 1.52. The van der Waals surface area contributed by atoms with Crippen molar-refractivity contribution < 1.29 is 9.59 Å². The number of Topliss-reactive ketones (excluding diaryl/α,β-unsaturated/α-hetero) is 1. The average Bonchev–Trinajstić information content (AvgIpc) is 3.36. The van der Waals surface area contributed by atoms with Crippen LogP contribution in [0, 0.1) is 11.3 Å². The van der Waals surface area contributed by atoms with Crippen LogP contribution in [0.15, 0.2) is 29.4 Å². The second kappa shape index (κ2) is 8.77. The number of hydrogen-bond donors (Lipinski definition) is 1. The second-order valence-electron chi connectivity index (χ2n) is 6.84. The molecule has 0 fully saturated rings. The van der Waals surface area contributed by atoms with Crippen LogP contribution in [0.4, 0.5) is 5.00 Å². The van der Waals surface area contributed by atoms with Gasteiger partial charge in [0.25, 0.3) is 0 Å². The van der Waals surface area contributed by atoms with Gasteiger partial charge in [-0.25, -0.2) is 0 Å². The van der Waals surface area contributed by atoms with Crippen molar-refractivity contribution in [2.75, 3.05) is 11.1 Å². The number of fused-ring (bicyclic) bond motifs is 1. The van der Waals surface area contributed by atoms with Crippen molar-refractivity contribution in [2.45, 2.75) is 37.8 Å². The molecule has 1 aromatic carbocycles. The van der Waals surface area contributed by atoms with E-state index in [2.05, 4.69) is 26.9 Å². The molecule has 0 atom stereocenters. The highest BCUT2D eigenvalue weighted by atomic mass is 32.2. The molecular weight excluding hydrogens is 420 g/mol. The van der Waals surface area contributed by atoms with Gasteiger partial charge in [-0.2, -0.15) is 9.94 Å². The summed E-state index contributed by atoms with van der Waals surface area (Å²) in [5.74, 6) is -0.118. The Kier molecular flexibility index (Phi) is 5.92. The number of benzene rings is 1. The normalized spacial score (nSPS) is 12.8. The first-order valence-corrected chi connectivity index (χ1v) is 11.2. The fourth-order valence-electron chi connectivity index (χ4n) is 3.33. The topological polar surface area (TPSA) is 114 Å². The van der Waals surface area contributed by atoms with E-state index in [1.807, 2.05) is 0 Å². The number of thiophene rings is 1. The molecular formula is C20H18N6O2S2. The number of carbonyl (C=O) groups excluding carboxylic acids is 2. The lowest BCUT2D eigenvalue weighted by Crippen LogP contribution is -2.14. The summed E-state index contributed by atoms with van der Waals surface area (Å²) >= 11 is 2.71. The van der Waals surface area contributed by atoms with E-state index in [4.69, 9.17) is 0 Å². The van der Waals surface area contributed by atoms with Crippen LogP contribution in [0.2, 0.25) is 0 Å². The van der Waals surface area contributed by atoms with E-state index in [1.165, 1.54) is 39.6 Å². The summed E-state index contributed by atoms with van der Waals surface area (Å²) in [6.07, 6.45) is 4.07. The van der Waals surface area contributed by atoms with Crippen LogP contribution in [0.25, 0.3) is 5.69 Å². The lowest BCUT2D eigenvalue weighted by molar-refractivity contribution is -0.113. The number of tetrazole rings is 1. The Morgan fingerprint density at radius 1 is 1.27 bits per heavy atom. The molecule has 0 radical (unpaired) electrons. The molecule has 1 amide bonds. The Morgan fingerprint density at radius 2 is 2.03 bits per heavy atom. The summed E-state index contributed by atoms with van der Waals surface area (Å²) in [4.78, 5) is 25.1. The molecule has 0 bridgehead atoms. The number of aromatic nitrogens is 4. The zero-order chi connectivity index (χ0) is 21.1. The predicted octanol–water partition coefficient (Wildman–Crippen LogP) is 3.41. The Hall–Kier alpha value is -3.03. The van der Waals surface area contributed by atoms with Crippen LogP contribution in [-0.2, 0) is 17.6 Å². The van der Waals surface area contributed by atoms with E-state index in [1.54, 1.807) is 24.3 Å². The van der Waals surface area contributed by atoms with Gasteiger partial charge in [-0.05, 0) is 72.9 Å². The number of nitriles is 1. The first-order chi connectivity index (χ1) is 14.6. The van der Waals surface area contributed by atoms with E-state index in [9.17, 15) is 14.9 Å². The third-order valence-corrected chi connectivity index (χ3v) is 6.95. The molecule has 4 rings (SSSR count). The zero-order valence-electron chi connectivity index (χ0n) is 16.2. The third-order valence-electron chi connectivity index (χ3n) is 4.83. The molecule has 3 aromatic rings. The molecule has 1 aliphatic rings. The van der Waals surface area contributed by atoms with Crippen molar-refractivity contribution in [3.05, 3.63) is 45.8 Å². The van der Waals surface area contributed by atoms with Crippen LogP contribution in [-0.4, -0.2) is 37.7 Å². The molecule has 152 valence electrons. The predicted molar refractivity (Wildman–Crippen MR) is 114 cm³/mol. The van der Waals surface area contributed by atoms with Gasteiger partial charge in [0, 0.05) is 10.4 Å². The molecule has 0 saturated carbocycles. The van der Waals surface area contributed by atoms with Crippen molar-refractivity contribution in [3.63, 3.8) is 0 Å². The van der Waals surface area contributed by atoms with Gasteiger partial charge in [-0.1, -0.05) is 11.8 Å². The number of anilines is 1. The van der Waals surface area contributed by atoms with E-state index in [-0.39, 0.29) is 17.4 Å². The van der Waals surface area contributed by atoms with Crippen molar-refractivity contribution in [1.29, 1.82) is 5.26 Å². The Balaban J connectivity index is 1.43. The second-order valence-corrected chi connectivity index (χ2v) is 8.89. The van der Waals surface area contributed by atoms with Crippen molar-refractivity contribution in [3.8, 4) is 11.8 Å². The summed E-state index contributed by atoms with van der Waals surface area (Å²) in [6, 6.07) is 9.18. The van der Waals surface area contributed by atoms with Gasteiger partial charge in [0.2, 0.25) is 11.1 Å². The molecule has 8 nitrogen and oxygen atoms in total. The molecule has 30 heavy (non-hydrogen) atoms. The molecule has 1 N–H and O–H groups in total. The summed E-state index contributed by atoms with van der Waals surface area (Å²) in [6.45, 7) is 1.51. The third kappa shape index (κ3) is 4.13. The molecule has 10 heteroatoms. The molecule has 0 spiro atoms. The quantitative estimate of drug-likeness (QED) is 0.463. The highest BCUT2D eigenvalue weighted by Crippen LogP contribution is 2.37. The van der Waals surface area contributed by atoms with Crippen molar-refractivity contribution >= 4 is 39.8 Å². The molecule has 0 unspecified atom stereocenters. The first kappa shape index (κ1) is 20.3. The Morgan fingerprint density at radius 3 is 2.77 bits per heavy atom. The van der Waals surface area contributed by atoms with Crippen molar-refractivity contribution in [1.82, 2.24) is 20.2 Å². The number of hydrogen-bond acceptors (Lipinski definition) is 8. The monoisotopic (exact) mass is 438 g/mol. The number of carbonyl (C=O) groups is 2. The smallest absolute Gasteiger partial charge is 0.235 e. The highest BCUT2D eigenvalue weighted by molar-refractivity contribution is 7.99. The van der Waals surface area contributed by atoms with Gasteiger partial charge in [0.1, 0.15) is 11.1 Å². The standard InChI is InChI=1S/C20H18N6O2S2/c1-12(27)13-6-8-14(9-7-13)26-20(23-24-25-26)29-11-18(28)22-19-16(10-21)15-4-2-3-5-17(15)30-19/h6-9H,2-5,11H2,1H3,(H,22,28). The van der Waals surface area contributed by atoms with Crippen molar-refractivity contribution in [2.24, 2.45) is 0 Å². The lowest BCUT2D eigenvalue weighted by atomic mass is 9.96. The van der Waals surface area contributed by atoms with Crippen LogP contribution in [0.1, 0.15) is 46.1 Å². The minimum absolute atomic E-state index is 0.0171. The maximum Gasteiger partial charge on any atom is 0.235 e. The van der Waals surface area contributed by atoms with Crippen LogP contribution in [0.5, 0.6) is 0 Å². The molecule has 0 aliphatic heterocycles. The van der Waals surface area contributed by atoms with Gasteiger partial charge in [-0.15, -0.1) is 16.4 Å². The van der Waals surface area contributed by atoms with Crippen LogP contribution in [0.3, 0.4) is 0 Å². The molecule has 2 heterocycles. The van der Waals surface area contributed by atoms with Gasteiger partial charge in [0.15, 0.2) is 5.78 Å². The lowest BCUT2D eigenvalue weighted by Gasteiger charge is -2.09. The van der Waals surface area contributed by atoms with E-state index in [0.717, 1.165) is 31.2 Å². The minimum Gasteiger partial charge on any atom is -0.316 e. The minimum atomic E-state index is -0.212. The van der Waals surface area contributed by atoms with E-state index >= 15 is 0 Å². The maximum absolute atomic E-state index is 12.5. The summed E-state index contributed by atoms with van der Waals surface area (Å²) in [5, 5.41) is 25.1. The Bertz CT molecular complexity index is 1140. The SMILES string of the molecule is CC(=O)c1ccc(-n2nnnc2SCC(=O)Nc2sc3c(c2C#N)CCCC3)cc1. The van der Waals surface area contributed by atoms with Crippen LogP contribution < -0.4 is 5.32 Å².